The van der Waals surface area contributed by atoms with E-state index in [1.165, 1.54) is 0 Å². The predicted octanol–water partition coefficient (Wildman–Crippen LogP) is 13.4. The molecule has 0 amide bonds. The smallest absolute Gasteiger partial charge is 0.252 e. The van der Waals surface area contributed by atoms with Gasteiger partial charge < -0.3 is 38.4 Å². The SMILES string of the molecule is COc1cc(Br)ccc1-c1nnc(-c2c(O)cc(-c3cccc([C@@H](C)c4nnc(-c5c(O)cc(-c6cccc([C@H](O)c7nnc(-c8c(O)ccc9ccccc89)o7)c6)c6ccccc56)o4)c3)c3ccccc23)o1. The maximum absolute atomic E-state index is 11.8. The van der Waals surface area contributed by atoms with Crippen LogP contribution in [0.5, 0.6) is 23.0 Å². The molecule has 0 aliphatic rings. The molecule has 0 spiro atoms. The van der Waals surface area contributed by atoms with E-state index in [9.17, 15) is 20.4 Å². The molecule has 14 nitrogen and oxygen atoms in total. The van der Waals surface area contributed by atoms with Gasteiger partial charge in [-0.15, -0.1) is 30.6 Å². The summed E-state index contributed by atoms with van der Waals surface area (Å²) in [6.07, 6.45) is -1.30. The van der Waals surface area contributed by atoms with Crippen LogP contribution >= 0.6 is 15.9 Å². The van der Waals surface area contributed by atoms with Crippen LogP contribution in [-0.2, 0) is 0 Å². The number of benzene rings is 9. The van der Waals surface area contributed by atoms with Gasteiger partial charge in [0.05, 0.1) is 35.3 Å². The summed E-state index contributed by atoms with van der Waals surface area (Å²) in [5, 5.41) is 76.4. The maximum atomic E-state index is 11.8. The van der Waals surface area contributed by atoms with Gasteiger partial charge in [-0.3, -0.25) is 0 Å². The van der Waals surface area contributed by atoms with Gasteiger partial charge in [0.25, 0.3) is 23.6 Å². The number of aliphatic hydroxyl groups excluding tert-OH is 1. The van der Waals surface area contributed by atoms with Crippen LogP contribution in [0.15, 0.2) is 182 Å². The van der Waals surface area contributed by atoms with E-state index in [4.69, 9.17) is 18.0 Å². The highest BCUT2D eigenvalue weighted by Gasteiger charge is 2.26. The van der Waals surface area contributed by atoms with Crippen molar-refractivity contribution in [3.05, 3.63) is 191 Å². The number of aromatic hydroxyl groups is 3. The first-order valence-corrected chi connectivity index (χ1v) is 23.9. The quantitative estimate of drug-likeness (QED) is 0.0951. The lowest BCUT2D eigenvalue weighted by Gasteiger charge is -2.14. The van der Waals surface area contributed by atoms with E-state index < -0.39 is 6.10 Å². The van der Waals surface area contributed by atoms with Crippen LogP contribution in [0, 0.1) is 0 Å². The predicted molar refractivity (Wildman–Crippen MR) is 279 cm³/mol. The largest absolute Gasteiger partial charge is 0.507 e. The Labute approximate surface area is 423 Å². The summed E-state index contributed by atoms with van der Waals surface area (Å²) in [5.41, 5.74) is 6.14. The van der Waals surface area contributed by atoms with Crippen molar-refractivity contribution in [3.8, 4) is 91.1 Å². The van der Waals surface area contributed by atoms with Crippen molar-refractivity contribution < 1.29 is 38.4 Å². The van der Waals surface area contributed by atoms with E-state index in [0.29, 0.717) is 56.0 Å². The Morgan fingerprint density at radius 3 is 1.63 bits per heavy atom. The number of phenolic OH excluding ortho intramolecular Hbond substituents is 3. The molecule has 3 heterocycles. The lowest BCUT2D eigenvalue weighted by atomic mass is 9.91. The molecule has 12 aromatic rings. The minimum atomic E-state index is -1.30. The second-order valence-corrected chi connectivity index (χ2v) is 18.3. The van der Waals surface area contributed by atoms with Gasteiger partial charge in [0.15, 0.2) is 6.10 Å². The Morgan fingerprint density at radius 1 is 0.452 bits per heavy atom. The zero-order chi connectivity index (χ0) is 49.9. The van der Waals surface area contributed by atoms with Crippen LogP contribution in [0.1, 0.15) is 41.9 Å². The highest BCUT2D eigenvalue weighted by Crippen LogP contribution is 2.46. The van der Waals surface area contributed by atoms with Gasteiger partial charge in [-0.1, -0.05) is 137 Å². The van der Waals surface area contributed by atoms with Gasteiger partial charge in [0.1, 0.15) is 23.0 Å². The van der Waals surface area contributed by atoms with Crippen LogP contribution < -0.4 is 4.74 Å². The summed E-state index contributed by atoms with van der Waals surface area (Å²) in [6, 6.07) is 50.2. The van der Waals surface area contributed by atoms with E-state index in [1.54, 1.807) is 49.6 Å². The fourth-order valence-electron chi connectivity index (χ4n) is 9.50. The van der Waals surface area contributed by atoms with Gasteiger partial charge in [-0.05, 0) is 115 Å². The molecule has 3 aromatic heterocycles. The number of nitrogens with zero attached hydrogens (tertiary/aromatic N) is 6. The first-order valence-electron chi connectivity index (χ1n) is 23.1. The molecule has 0 saturated heterocycles. The number of fused-ring (bicyclic) bond motifs is 3. The topological polar surface area (TPSA) is 207 Å². The molecule has 0 fully saturated rings. The molecule has 0 aliphatic heterocycles. The third-order valence-electron chi connectivity index (χ3n) is 13.1. The van der Waals surface area contributed by atoms with E-state index in [2.05, 4.69) is 46.5 Å². The molecule has 0 saturated carbocycles. The maximum Gasteiger partial charge on any atom is 0.252 e. The van der Waals surface area contributed by atoms with Crippen LogP contribution in [0.3, 0.4) is 0 Å². The third kappa shape index (κ3) is 7.96. The van der Waals surface area contributed by atoms with Crippen molar-refractivity contribution in [2.24, 2.45) is 0 Å². The van der Waals surface area contributed by atoms with Crippen LogP contribution in [0.25, 0.3) is 100 Å². The van der Waals surface area contributed by atoms with Crippen LogP contribution in [-0.4, -0.2) is 58.1 Å². The molecule has 0 bridgehead atoms. The summed E-state index contributed by atoms with van der Waals surface area (Å²) < 4.78 is 25.0. The van der Waals surface area contributed by atoms with Crippen molar-refractivity contribution in [2.45, 2.75) is 18.9 Å². The minimum absolute atomic E-state index is 0.0227. The number of ether oxygens (including phenoxy) is 1. The van der Waals surface area contributed by atoms with Gasteiger partial charge in [0.2, 0.25) is 11.8 Å². The lowest BCUT2D eigenvalue weighted by Crippen LogP contribution is -2.00. The number of methoxy groups -OCH3 is 1. The Morgan fingerprint density at radius 2 is 0.973 bits per heavy atom. The second-order valence-electron chi connectivity index (χ2n) is 17.4. The number of rotatable bonds is 11. The first-order chi connectivity index (χ1) is 35.6. The molecule has 4 N–H and O–H groups in total. The van der Waals surface area contributed by atoms with Gasteiger partial charge >= 0.3 is 0 Å². The van der Waals surface area contributed by atoms with Gasteiger partial charge in [-0.2, -0.15) is 0 Å². The number of hydrogen-bond donors (Lipinski definition) is 4. The number of phenols is 3. The third-order valence-corrected chi connectivity index (χ3v) is 13.6. The van der Waals surface area contributed by atoms with Crippen molar-refractivity contribution >= 4 is 48.2 Å². The summed E-state index contributed by atoms with van der Waals surface area (Å²) in [7, 11) is 1.57. The van der Waals surface area contributed by atoms with E-state index in [-0.39, 0.29) is 52.6 Å². The standard InChI is InChI=1S/C58H39BrN6O8/c1-30(32-12-9-13-33(25-32)43-28-47(68)51(41-20-8-5-17-38(41)43)57-63-61-54(72-57)42-23-22-36(59)27-48(42)70-2)53-60-62-56(71-53)50-40-19-7-6-18-39(40)44(29-46(50)67)34-14-10-15-35(26-34)52(69)58-65-64-55(73-58)49-37-16-4-3-11-31(37)21-24-45(49)66/h3-30,52,66-69H,1-2H3/t30-,52+/m1/s1. The number of aromatic nitrogens is 6. The molecule has 0 radical (unpaired) electrons. The summed E-state index contributed by atoms with van der Waals surface area (Å²) in [6.45, 7) is 1.97. The number of aliphatic hydroxyl groups is 1. The zero-order valence-corrected chi connectivity index (χ0v) is 40.3. The fourth-order valence-corrected chi connectivity index (χ4v) is 9.84. The molecule has 73 heavy (non-hydrogen) atoms. The van der Waals surface area contributed by atoms with E-state index >= 15 is 0 Å². The monoisotopic (exact) mass is 1030 g/mol. The summed E-state index contributed by atoms with van der Waals surface area (Å²) >= 11 is 3.47. The van der Waals surface area contributed by atoms with Crippen LogP contribution in [0.2, 0.25) is 0 Å². The van der Waals surface area contributed by atoms with Gasteiger partial charge in [0, 0.05) is 4.47 Å². The Balaban J connectivity index is 0.832. The molecule has 356 valence electrons. The molecular weight excluding hydrogens is 989 g/mol. The summed E-state index contributed by atoms with van der Waals surface area (Å²) in [4.78, 5) is 0. The number of hydrogen-bond acceptors (Lipinski definition) is 14. The normalized spacial score (nSPS) is 12.4. The molecule has 0 aliphatic carbocycles. The molecule has 9 aromatic carbocycles. The average Bonchev–Trinajstić information content (AvgIpc) is 4.23. The lowest BCUT2D eigenvalue weighted by molar-refractivity contribution is 0.183. The Kier molecular flexibility index (Phi) is 11.2. The minimum Gasteiger partial charge on any atom is -0.507 e. The fraction of sp³-hybridized carbons (Fsp3) is 0.0690. The van der Waals surface area contributed by atoms with Crippen LogP contribution in [0.4, 0.5) is 0 Å². The highest BCUT2D eigenvalue weighted by molar-refractivity contribution is 9.10. The molecular formula is C58H39BrN6O8. The van der Waals surface area contributed by atoms with E-state index in [0.717, 1.165) is 48.1 Å². The molecule has 2 atom stereocenters. The molecule has 0 unspecified atom stereocenters. The average molecular weight is 1030 g/mol. The van der Waals surface area contributed by atoms with Crippen molar-refractivity contribution in [3.63, 3.8) is 0 Å². The van der Waals surface area contributed by atoms with E-state index in [1.807, 2.05) is 128 Å². The van der Waals surface area contributed by atoms with Crippen molar-refractivity contribution in [1.82, 2.24) is 30.6 Å². The Hall–Kier alpha value is -9.18. The zero-order valence-electron chi connectivity index (χ0n) is 38.7. The Bertz CT molecular complexity index is 4110. The molecule has 12 rings (SSSR count). The number of halogens is 1. The van der Waals surface area contributed by atoms with Crippen molar-refractivity contribution in [2.75, 3.05) is 7.11 Å². The first kappa shape index (κ1) is 45.0. The highest BCUT2D eigenvalue weighted by atomic mass is 79.9. The van der Waals surface area contributed by atoms with Crippen molar-refractivity contribution in [1.29, 1.82) is 0 Å². The van der Waals surface area contributed by atoms with Gasteiger partial charge in [-0.25, -0.2) is 0 Å². The summed E-state index contributed by atoms with van der Waals surface area (Å²) in [5.74, 6) is 0.946. The second kappa shape index (κ2) is 18.2. The molecule has 15 heteroatoms.